The summed E-state index contributed by atoms with van der Waals surface area (Å²) >= 11 is 5.35. The van der Waals surface area contributed by atoms with Gasteiger partial charge in [0.25, 0.3) is 0 Å². The Balaban J connectivity index is 2.38. The van der Waals surface area contributed by atoms with Gasteiger partial charge in [0, 0.05) is 24.3 Å². The molecule has 0 aliphatic carbocycles. The second kappa shape index (κ2) is 3.94. The van der Waals surface area contributed by atoms with Gasteiger partial charge in [-0.25, -0.2) is 9.97 Å². The molecule has 78 valence electrons. The van der Waals surface area contributed by atoms with Crippen LogP contribution in [0.15, 0.2) is 31.2 Å². The van der Waals surface area contributed by atoms with Crippen LogP contribution < -0.4 is 0 Å². The predicted octanol–water partition coefficient (Wildman–Crippen LogP) is 1.88. The van der Waals surface area contributed by atoms with Gasteiger partial charge in [0.2, 0.25) is 0 Å². The lowest BCUT2D eigenvalue weighted by Gasteiger charge is -2.11. The Bertz CT molecular complexity index is 455. The Morgan fingerprint density at radius 3 is 2.73 bits per heavy atom. The molecule has 2 aromatic heterocycles. The molecule has 4 nitrogen and oxygen atoms in total. The van der Waals surface area contributed by atoms with E-state index in [0.717, 1.165) is 5.69 Å². The normalized spacial score (nSPS) is 10.9. The van der Waals surface area contributed by atoms with Gasteiger partial charge in [0.15, 0.2) is 5.11 Å². The average molecular weight is 220 g/mol. The summed E-state index contributed by atoms with van der Waals surface area (Å²) in [5.41, 5.74) is 1.11. The van der Waals surface area contributed by atoms with E-state index in [1.807, 2.05) is 17.0 Å². The molecular formula is C10H12N4S. The molecule has 0 saturated heterocycles. The lowest BCUT2D eigenvalue weighted by atomic mass is 10.1. The van der Waals surface area contributed by atoms with E-state index in [1.54, 1.807) is 23.4 Å². The minimum atomic E-state index is 0.397. The highest BCUT2D eigenvalue weighted by molar-refractivity contribution is 7.80. The first-order chi connectivity index (χ1) is 7.20. The van der Waals surface area contributed by atoms with Crippen LogP contribution in [0, 0.1) is 0 Å². The van der Waals surface area contributed by atoms with Crippen molar-refractivity contribution in [2.75, 3.05) is 0 Å². The van der Waals surface area contributed by atoms with Gasteiger partial charge in [-0.2, -0.15) is 0 Å². The van der Waals surface area contributed by atoms with Crippen LogP contribution in [0.25, 0.3) is 0 Å². The van der Waals surface area contributed by atoms with E-state index < -0.39 is 0 Å². The van der Waals surface area contributed by atoms with Gasteiger partial charge in [0.1, 0.15) is 12.7 Å². The molecule has 2 rings (SSSR count). The first kappa shape index (κ1) is 10.0. The molecule has 0 amide bonds. The van der Waals surface area contributed by atoms with Crippen molar-refractivity contribution >= 4 is 17.3 Å². The van der Waals surface area contributed by atoms with Crippen molar-refractivity contribution in [3.8, 4) is 0 Å². The first-order valence-electron chi connectivity index (χ1n) is 4.75. The lowest BCUT2D eigenvalue weighted by Crippen LogP contribution is -2.19. The number of hydrogen-bond acceptors (Lipinski definition) is 3. The maximum Gasteiger partial charge on any atom is 0.190 e. The van der Waals surface area contributed by atoms with Crippen molar-refractivity contribution in [3.63, 3.8) is 0 Å². The molecule has 0 N–H and O–H groups in total. The summed E-state index contributed by atoms with van der Waals surface area (Å²) in [7, 11) is 0. The van der Waals surface area contributed by atoms with Gasteiger partial charge in [-0.05, 0) is 18.1 Å². The van der Waals surface area contributed by atoms with Crippen molar-refractivity contribution in [1.82, 2.24) is 19.1 Å². The van der Waals surface area contributed by atoms with Gasteiger partial charge in [-0.3, -0.25) is 9.13 Å². The maximum absolute atomic E-state index is 5.35. The summed E-state index contributed by atoms with van der Waals surface area (Å²) in [6.07, 6.45) is 8.79. The Labute approximate surface area is 93.6 Å². The van der Waals surface area contributed by atoms with E-state index >= 15 is 0 Å². The van der Waals surface area contributed by atoms with Gasteiger partial charge in [-0.15, -0.1) is 0 Å². The summed E-state index contributed by atoms with van der Waals surface area (Å²) in [6, 6.07) is 0. The molecule has 0 unspecified atom stereocenters. The molecule has 15 heavy (non-hydrogen) atoms. The molecule has 0 aliphatic heterocycles. The van der Waals surface area contributed by atoms with Crippen LogP contribution in [0.1, 0.15) is 25.5 Å². The third-order valence-corrected chi connectivity index (χ3v) is 2.60. The molecule has 5 heteroatoms. The van der Waals surface area contributed by atoms with Crippen LogP contribution in [-0.2, 0) is 0 Å². The number of thiocarbonyl (C=S) groups is 1. The minimum Gasteiger partial charge on any atom is -0.282 e. The summed E-state index contributed by atoms with van der Waals surface area (Å²) in [5, 5.41) is 0.675. The molecule has 0 spiro atoms. The molecule has 0 aliphatic rings. The van der Waals surface area contributed by atoms with E-state index in [4.69, 9.17) is 12.2 Å². The zero-order valence-electron chi connectivity index (χ0n) is 8.66. The minimum absolute atomic E-state index is 0.397. The van der Waals surface area contributed by atoms with Gasteiger partial charge in [0.05, 0.1) is 0 Å². The van der Waals surface area contributed by atoms with Crippen molar-refractivity contribution in [3.05, 3.63) is 36.9 Å². The highest BCUT2D eigenvalue weighted by atomic mass is 32.1. The van der Waals surface area contributed by atoms with Gasteiger partial charge >= 0.3 is 0 Å². The van der Waals surface area contributed by atoms with Crippen LogP contribution in [0.5, 0.6) is 0 Å². The average Bonchev–Trinajstić information content (AvgIpc) is 2.88. The zero-order valence-corrected chi connectivity index (χ0v) is 9.48. The number of aromatic nitrogens is 4. The molecule has 0 bridgehead atoms. The lowest BCUT2D eigenvalue weighted by molar-refractivity contribution is 0.796. The Hall–Kier alpha value is -1.49. The molecule has 0 fully saturated rings. The fourth-order valence-electron chi connectivity index (χ4n) is 1.39. The number of nitrogens with zero attached hydrogens (tertiary/aromatic N) is 4. The van der Waals surface area contributed by atoms with Crippen molar-refractivity contribution < 1.29 is 0 Å². The largest absolute Gasteiger partial charge is 0.282 e. The monoisotopic (exact) mass is 220 g/mol. The highest BCUT2D eigenvalue weighted by Crippen LogP contribution is 2.13. The van der Waals surface area contributed by atoms with Crippen LogP contribution in [-0.4, -0.2) is 24.2 Å². The summed E-state index contributed by atoms with van der Waals surface area (Å²) in [5.74, 6) is 0.397. The second-order valence-electron chi connectivity index (χ2n) is 3.60. The van der Waals surface area contributed by atoms with Crippen molar-refractivity contribution in [2.24, 2.45) is 0 Å². The standard InChI is InChI=1S/C10H12N4S/c1-8(2)9-5-12-7-14(9)10(15)13-4-3-11-6-13/h3-8H,1-2H3. The van der Waals surface area contributed by atoms with E-state index in [0.29, 0.717) is 11.0 Å². The molecule has 0 aromatic carbocycles. The fraction of sp³-hybridized carbons (Fsp3) is 0.300. The molecular weight excluding hydrogens is 208 g/mol. The summed E-state index contributed by atoms with van der Waals surface area (Å²) < 4.78 is 3.70. The fourth-order valence-corrected chi connectivity index (χ4v) is 1.65. The number of hydrogen-bond donors (Lipinski definition) is 0. The SMILES string of the molecule is CC(C)c1cncn1C(=S)n1ccnc1. The smallest absolute Gasteiger partial charge is 0.190 e. The van der Waals surface area contributed by atoms with E-state index in [9.17, 15) is 0 Å². The van der Waals surface area contributed by atoms with Crippen LogP contribution >= 0.6 is 12.2 Å². The number of imidazole rings is 2. The van der Waals surface area contributed by atoms with Crippen LogP contribution in [0.3, 0.4) is 0 Å². The Morgan fingerprint density at radius 2 is 2.13 bits per heavy atom. The van der Waals surface area contributed by atoms with Crippen LogP contribution in [0.4, 0.5) is 0 Å². The Morgan fingerprint density at radius 1 is 1.33 bits per heavy atom. The van der Waals surface area contributed by atoms with E-state index in [-0.39, 0.29) is 0 Å². The Kier molecular flexibility index (Phi) is 2.64. The van der Waals surface area contributed by atoms with Gasteiger partial charge < -0.3 is 0 Å². The van der Waals surface area contributed by atoms with Gasteiger partial charge in [-0.1, -0.05) is 13.8 Å². The second-order valence-corrected chi connectivity index (χ2v) is 3.96. The molecule has 0 atom stereocenters. The topological polar surface area (TPSA) is 35.6 Å². The van der Waals surface area contributed by atoms with Crippen molar-refractivity contribution in [1.29, 1.82) is 0 Å². The third kappa shape index (κ3) is 1.83. The van der Waals surface area contributed by atoms with Crippen molar-refractivity contribution in [2.45, 2.75) is 19.8 Å². The zero-order chi connectivity index (χ0) is 10.8. The third-order valence-electron chi connectivity index (χ3n) is 2.19. The molecule has 0 saturated carbocycles. The highest BCUT2D eigenvalue weighted by Gasteiger charge is 2.10. The predicted molar refractivity (Wildman–Crippen MR) is 61.9 cm³/mol. The van der Waals surface area contributed by atoms with Crippen LogP contribution in [0.2, 0.25) is 0 Å². The maximum atomic E-state index is 5.35. The molecule has 2 aromatic rings. The quantitative estimate of drug-likeness (QED) is 0.688. The number of rotatable bonds is 1. The van der Waals surface area contributed by atoms with E-state index in [1.165, 1.54) is 0 Å². The first-order valence-corrected chi connectivity index (χ1v) is 5.16. The summed E-state index contributed by atoms with van der Waals surface area (Å²) in [4.78, 5) is 8.09. The van der Waals surface area contributed by atoms with E-state index in [2.05, 4.69) is 23.8 Å². The molecule has 2 heterocycles. The molecule has 0 radical (unpaired) electrons. The summed E-state index contributed by atoms with van der Waals surface area (Å²) in [6.45, 7) is 4.23.